The van der Waals surface area contributed by atoms with Crippen molar-refractivity contribution in [2.24, 2.45) is 0 Å². The van der Waals surface area contributed by atoms with Crippen molar-refractivity contribution in [3.63, 3.8) is 0 Å². The molecule has 124 valence electrons. The number of hydrogen-bond acceptors (Lipinski definition) is 4. The molecule has 1 saturated heterocycles. The Kier molecular flexibility index (Phi) is 4.93. The van der Waals surface area contributed by atoms with Gasteiger partial charge in [-0.15, -0.1) is 0 Å². The molecule has 2 aliphatic rings. The number of anilines is 1. The van der Waals surface area contributed by atoms with E-state index in [1.165, 1.54) is 0 Å². The number of rotatable bonds is 4. The van der Waals surface area contributed by atoms with Crippen molar-refractivity contribution in [3.8, 4) is 0 Å². The van der Waals surface area contributed by atoms with Crippen molar-refractivity contribution < 1.29 is 14.3 Å². The third-order valence-corrected chi connectivity index (χ3v) is 4.34. The highest BCUT2D eigenvalue weighted by atomic mass is 16.5. The normalized spacial score (nSPS) is 22.8. The van der Waals surface area contributed by atoms with E-state index in [2.05, 4.69) is 15.5 Å². The van der Waals surface area contributed by atoms with Crippen LogP contribution in [0.3, 0.4) is 0 Å². The lowest BCUT2D eigenvalue weighted by Gasteiger charge is -2.31. The first-order valence-corrected chi connectivity index (χ1v) is 8.13. The molecule has 2 aliphatic heterocycles. The largest absolute Gasteiger partial charge is 0.379 e. The molecule has 0 radical (unpaired) electrons. The molecule has 2 N–H and O–H groups in total. The van der Waals surface area contributed by atoms with Crippen LogP contribution in [0.2, 0.25) is 0 Å². The Balaban J connectivity index is 1.62. The van der Waals surface area contributed by atoms with Gasteiger partial charge < -0.3 is 15.4 Å². The highest BCUT2D eigenvalue weighted by molar-refractivity contribution is 6.01. The van der Waals surface area contributed by atoms with E-state index in [0.29, 0.717) is 0 Å². The fraction of sp³-hybridized carbons (Fsp3) is 0.529. The van der Waals surface area contributed by atoms with Crippen molar-refractivity contribution in [2.45, 2.75) is 25.3 Å². The van der Waals surface area contributed by atoms with E-state index in [0.717, 1.165) is 44.1 Å². The number of fused-ring (bicyclic) bond motifs is 1. The predicted octanol–water partition coefficient (Wildman–Crippen LogP) is 0.949. The summed E-state index contributed by atoms with van der Waals surface area (Å²) in [6.45, 7) is 6.09. The first kappa shape index (κ1) is 16.0. The lowest BCUT2D eigenvalue weighted by molar-refractivity contribution is -0.127. The number of amides is 2. The average Bonchev–Trinajstić information content (AvgIpc) is 2.54. The second-order valence-corrected chi connectivity index (χ2v) is 6.21. The van der Waals surface area contributed by atoms with Gasteiger partial charge in [0.25, 0.3) is 0 Å². The zero-order valence-corrected chi connectivity index (χ0v) is 13.4. The molecule has 1 aromatic carbocycles. The van der Waals surface area contributed by atoms with Crippen LogP contribution in [0.1, 0.15) is 24.8 Å². The van der Waals surface area contributed by atoms with Crippen molar-refractivity contribution in [1.29, 1.82) is 0 Å². The van der Waals surface area contributed by atoms with Crippen molar-refractivity contribution in [1.82, 2.24) is 10.2 Å². The molecular formula is C17H23N3O3. The molecule has 3 rings (SSSR count). The summed E-state index contributed by atoms with van der Waals surface area (Å²) in [7, 11) is 0. The summed E-state index contributed by atoms with van der Waals surface area (Å²) in [6, 6.07) is 7.54. The van der Waals surface area contributed by atoms with Crippen LogP contribution in [0, 0.1) is 0 Å². The molecule has 6 nitrogen and oxygen atoms in total. The third kappa shape index (κ3) is 3.89. The summed E-state index contributed by atoms with van der Waals surface area (Å²) >= 11 is 0. The van der Waals surface area contributed by atoms with Crippen LogP contribution in [0.5, 0.6) is 0 Å². The molecule has 2 unspecified atom stereocenters. The number of carbonyl (C=O) groups excluding carboxylic acids is 2. The van der Waals surface area contributed by atoms with Gasteiger partial charge in [-0.1, -0.05) is 18.2 Å². The lowest BCUT2D eigenvalue weighted by Crippen LogP contribution is -2.47. The van der Waals surface area contributed by atoms with Gasteiger partial charge in [-0.2, -0.15) is 0 Å². The maximum atomic E-state index is 12.6. The van der Waals surface area contributed by atoms with Gasteiger partial charge in [0.15, 0.2) is 0 Å². The Bertz CT molecular complexity index is 584. The number of carbonyl (C=O) groups is 2. The number of nitrogens with zero attached hydrogens (tertiary/aromatic N) is 1. The Morgan fingerprint density at radius 3 is 2.91 bits per heavy atom. The maximum Gasteiger partial charge on any atom is 0.228 e. The number of para-hydroxylation sites is 1. The Hall–Kier alpha value is -1.92. The topological polar surface area (TPSA) is 70.7 Å². The molecule has 1 fully saturated rings. The number of nitrogens with one attached hydrogen (secondary N) is 2. The Morgan fingerprint density at radius 2 is 2.13 bits per heavy atom. The van der Waals surface area contributed by atoms with Gasteiger partial charge in [-0.05, 0) is 18.6 Å². The van der Waals surface area contributed by atoms with Crippen LogP contribution >= 0.6 is 0 Å². The fourth-order valence-electron chi connectivity index (χ4n) is 3.21. The standard InChI is InChI=1S/C17H23N3O3/c1-12(11-20-6-8-23-9-7-20)18-17(22)14-10-16(21)19-15-5-3-2-4-13(14)15/h2-5,12,14H,6-11H2,1H3,(H,18,22)(H,19,21). The van der Waals surface area contributed by atoms with Gasteiger partial charge in [0.1, 0.15) is 0 Å². The van der Waals surface area contributed by atoms with Crippen molar-refractivity contribution in [3.05, 3.63) is 29.8 Å². The monoisotopic (exact) mass is 317 g/mol. The summed E-state index contributed by atoms with van der Waals surface area (Å²) < 4.78 is 5.33. The first-order chi connectivity index (χ1) is 11.1. The Labute approximate surface area is 136 Å². The van der Waals surface area contributed by atoms with E-state index in [-0.39, 0.29) is 24.3 Å². The van der Waals surface area contributed by atoms with Crippen LogP contribution in [0.25, 0.3) is 0 Å². The molecule has 2 atom stereocenters. The molecule has 0 saturated carbocycles. The summed E-state index contributed by atoms with van der Waals surface area (Å²) in [6.07, 6.45) is 0.202. The van der Waals surface area contributed by atoms with E-state index in [9.17, 15) is 9.59 Å². The van der Waals surface area contributed by atoms with Crippen LogP contribution in [-0.4, -0.2) is 55.6 Å². The molecular weight excluding hydrogens is 294 g/mol. The highest BCUT2D eigenvalue weighted by Gasteiger charge is 2.31. The SMILES string of the molecule is CC(CN1CCOCC1)NC(=O)C1CC(=O)Nc2ccccc21. The van der Waals surface area contributed by atoms with Crippen LogP contribution in [0.4, 0.5) is 5.69 Å². The quantitative estimate of drug-likeness (QED) is 0.867. The highest BCUT2D eigenvalue weighted by Crippen LogP contribution is 2.32. The van der Waals surface area contributed by atoms with Gasteiger partial charge in [-0.25, -0.2) is 0 Å². The molecule has 0 aromatic heterocycles. The third-order valence-electron chi connectivity index (χ3n) is 4.34. The minimum atomic E-state index is -0.410. The summed E-state index contributed by atoms with van der Waals surface area (Å²) in [5, 5.41) is 5.88. The molecule has 6 heteroatoms. The van der Waals surface area contributed by atoms with Gasteiger partial charge in [0.05, 0.1) is 19.1 Å². The van der Waals surface area contributed by atoms with Crippen LogP contribution < -0.4 is 10.6 Å². The number of hydrogen-bond donors (Lipinski definition) is 2. The molecule has 0 bridgehead atoms. The predicted molar refractivity (Wildman–Crippen MR) is 87.3 cm³/mol. The summed E-state index contributed by atoms with van der Waals surface area (Å²) in [4.78, 5) is 26.7. The molecule has 1 aromatic rings. The molecule has 2 amide bonds. The lowest BCUT2D eigenvalue weighted by atomic mass is 9.89. The van der Waals surface area contributed by atoms with Crippen LogP contribution in [-0.2, 0) is 14.3 Å². The molecule has 0 aliphatic carbocycles. The summed E-state index contributed by atoms with van der Waals surface area (Å²) in [5.41, 5.74) is 1.63. The van der Waals surface area contributed by atoms with Crippen molar-refractivity contribution in [2.75, 3.05) is 38.2 Å². The van der Waals surface area contributed by atoms with E-state index in [1.54, 1.807) is 0 Å². The van der Waals surface area contributed by atoms with E-state index in [4.69, 9.17) is 4.74 Å². The van der Waals surface area contributed by atoms with Gasteiger partial charge in [-0.3, -0.25) is 14.5 Å². The molecule has 0 spiro atoms. The molecule has 2 heterocycles. The second-order valence-electron chi connectivity index (χ2n) is 6.21. The van der Waals surface area contributed by atoms with Crippen LogP contribution in [0.15, 0.2) is 24.3 Å². The van der Waals surface area contributed by atoms with E-state index < -0.39 is 5.92 Å². The minimum Gasteiger partial charge on any atom is -0.379 e. The zero-order chi connectivity index (χ0) is 16.2. The van der Waals surface area contributed by atoms with Crippen molar-refractivity contribution >= 4 is 17.5 Å². The fourth-order valence-corrected chi connectivity index (χ4v) is 3.21. The Morgan fingerprint density at radius 1 is 1.39 bits per heavy atom. The average molecular weight is 317 g/mol. The second kappa shape index (κ2) is 7.10. The number of morpholine rings is 1. The zero-order valence-electron chi connectivity index (χ0n) is 13.4. The first-order valence-electron chi connectivity index (χ1n) is 8.13. The molecule has 23 heavy (non-hydrogen) atoms. The minimum absolute atomic E-state index is 0.0396. The number of ether oxygens (including phenoxy) is 1. The van der Waals surface area contributed by atoms with Gasteiger partial charge in [0.2, 0.25) is 11.8 Å². The summed E-state index contributed by atoms with van der Waals surface area (Å²) in [5.74, 6) is -0.593. The van der Waals surface area contributed by atoms with E-state index >= 15 is 0 Å². The smallest absolute Gasteiger partial charge is 0.228 e. The number of benzene rings is 1. The maximum absolute atomic E-state index is 12.6. The van der Waals surface area contributed by atoms with Gasteiger partial charge >= 0.3 is 0 Å². The van der Waals surface area contributed by atoms with Gasteiger partial charge in [0, 0.05) is 37.8 Å². The van der Waals surface area contributed by atoms with E-state index in [1.807, 2.05) is 31.2 Å².